The molecule has 0 saturated heterocycles. The molecule has 6 nitrogen and oxygen atoms in total. The van der Waals surface area contributed by atoms with Crippen LogP contribution in [0.2, 0.25) is 0 Å². The number of carbonyl (C=O) groups excluding carboxylic acids is 1. The van der Waals surface area contributed by atoms with E-state index in [1.165, 1.54) is 35.0 Å². The van der Waals surface area contributed by atoms with E-state index in [9.17, 15) is 4.79 Å². The molecule has 0 bridgehead atoms. The number of rotatable bonds is 4. The number of anilines is 1. The van der Waals surface area contributed by atoms with Crippen LogP contribution in [0.5, 0.6) is 5.75 Å². The molecule has 1 aromatic carbocycles. The molecular weight excluding hydrogens is 408 g/mol. The van der Waals surface area contributed by atoms with Crippen molar-refractivity contribution in [3.8, 4) is 16.2 Å². The topological polar surface area (TPSA) is 67.4 Å². The van der Waals surface area contributed by atoms with Crippen LogP contribution < -0.4 is 10.1 Å². The minimum absolute atomic E-state index is 0.0952. The second-order valence-electron chi connectivity index (χ2n) is 8.22. The number of hydrogen-bond acceptors (Lipinski definition) is 6. The molecule has 0 unspecified atom stereocenters. The lowest BCUT2D eigenvalue weighted by molar-refractivity contribution is -0.114. The lowest BCUT2D eigenvalue weighted by Crippen LogP contribution is -2.29. The van der Waals surface area contributed by atoms with Crippen LogP contribution in [0, 0.1) is 0 Å². The van der Waals surface area contributed by atoms with E-state index in [1.807, 2.05) is 12.4 Å². The summed E-state index contributed by atoms with van der Waals surface area (Å²) >= 11 is 1.51. The minimum atomic E-state index is -0.0952. The molecule has 3 aromatic rings. The van der Waals surface area contributed by atoms with Crippen LogP contribution in [0.25, 0.3) is 10.4 Å². The molecule has 1 amide bonds. The summed E-state index contributed by atoms with van der Waals surface area (Å²) in [6, 6.07) is 9.19. The van der Waals surface area contributed by atoms with E-state index in [4.69, 9.17) is 4.74 Å². The van der Waals surface area contributed by atoms with E-state index in [0.717, 1.165) is 60.8 Å². The van der Waals surface area contributed by atoms with Gasteiger partial charge in [0, 0.05) is 44.9 Å². The van der Waals surface area contributed by atoms with Crippen molar-refractivity contribution >= 4 is 22.4 Å². The molecule has 160 valence electrons. The first-order chi connectivity index (χ1) is 15.1. The largest absolute Gasteiger partial charge is 0.491 e. The zero-order valence-electron chi connectivity index (χ0n) is 17.9. The van der Waals surface area contributed by atoms with Gasteiger partial charge < -0.3 is 10.1 Å². The highest BCUT2D eigenvalue weighted by molar-refractivity contribution is 7.19. The number of ether oxygens (including phenoxy) is 1. The first-order valence-corrected chi connectivity index (χ1v) is 11.6. The number of nitrogens with one attached hydrogen (secondary N) is 1. The van der Waals surface area contributed by atoms with Crippen molar-refractivity contribution < 1.29 is 9.53 Å². The maximum atomic E-state index is 11.3. The molecule has 5 rings (SSSR count). The second kappa shape index (κ2) is 8.40. The molecule has 2 aliphatic heterocycles. The number of thiazole rings is 1. The number of pyridine rings is 1. The van der Waals surface area contributed by atoms with E-state index in [-0.39, 0.29) is 5.91 Å². The van der Waals surface area contributed by atoms with Gasteiger partial charge in [-0.1, -0.05) is 23.5 Å². The predicted molar refractivity (Wildman–Crippen MR) is 123 cm³/mol. The monoisotopic (exact) mass is 434 g/mol. The highest BCUT2D eigenvalue weighted by Gasteiger charge is 2.23. The molecule has 2 aromatic heterocycles. The molecule has 0 fully saturated rings. The van der Waals surface area contributed by atoms with Crippen LogP contribution in [0.3, 0.4) is 0 Å². The fraction of sp³-hybridized carbons (Fsp3) is 0.375. The summed E-state index contributed by atoms with van der Waals surface area (Å²) in [6.07, 6.45) is 6.82. The molecule has 4 heterocycles. The smallest absolute Gasteiger partial charge is 0.223 e. The van der Waals surface area contributed by atoms with E-state index in [0.29, 0.717) is 11.2 Å². The zero-order valence-corrected chi connectivity index (χ0v) is 18.7. The van der Waals surface area contributed by atoms with Crippen LogP contribution in [-0.2, 0) is 24.1 Å². The number of fused-ring (bicyclic) bond motifs is 2. The third-order valence-electron chi connectivity index (χ3n) is 6.19. The Morgan fingerprint density at radius 1 is 1.13 bits per heavy atom. The number of nitrogens with zero attached hydrogens (tertiary/aromatic N) is 3. The molecule has 0 saturated carbocycles. The van der Waals surface area contributed by atoms with Gasteiger partial charge in [-0.25, -0.2) is 4.98 Å². The maximum Gasteiger partial charge on any atom is 0.223 e. The molecule has 7 heteroatoms. The van der Waals surface area contributed by atoms with E-state index in [1.54, 1.807) is 0 Å². The summed E-state index contributed by atoms with van der Waals surface area (Å²) in [5, 5.41) is 3.41. The van der Waals surface area contributed by atoms with Gasteiger partial charge in [-0.2, -0.15) is 0 Å². The van der Waals surface area contributed by atoms with Crippen molar-refractivity contribution in [1.29, 1.82) is 0 Å². The van der Waals surface area contributed by atoms with Crippen LogP contribution in [0.4, 0.5) is 5.13 Å². The van der Waals surface area contributed by atoms with Crippen molar-refractivity contribution in [1.82, 2.24) is 14.9 Å². The molecule has 2 aliphatic rings. The Morgan fingerprint density at radius 2 is 1.97 bits per heavy atom. The molecule has 0 radical (unpaired) electrons. The Labute approximate surface area is 186 Å². The van der Waals surface area contributed by atoms with Gasteiger partial charge in [-0.05, 0) is 54.2 Å². The molecule has 1 atom stereocenters. The Hall–Kier alpha value is -2.77. The van der Waals surface area contributed by atoms with Gasteiger partial charge in [-0.3, -0.25) is 14.7 Å². The highest BCUT2D eigenvalue weighted by atomic mass is 32.1. The quantitative estimate of drug-likeness (QED) is 0.665. The summed E-state index contributed by atoms with van der Waals surface area (Å²) < 4.78 is 5.72. The van der Waals surface area contributed by atoms with Gasteiger partial charge in [0.1, 0.15) is 5.75 Å². The Kier molecular flexibility index (Phi) is 5.46. The summed E-state index contributed by atoms with van der Waals surface area (Å²) in [5.74, 6) is 0.859. The number of aromatic nitrogens is 2. The van der Waals surface area contributed by atoms with Crippen molar-refractivity contribution in [2.24, 2.45) is 0 Å². The Bertz CT molecular complexity index is 1130. The number of amides is 1. The lowest BCUT2D eigenvalue weighted by atomic mass is 10.00. The van der Waals surface area contributed by atoms with Crippen LogP contribution in [-0.4, -0.2) is 40.5 Å². The van der Waals surface area contributed by atoms with E-state index in [2.05, 4.69) is 51.4 Å². The van der Waals surface area contributed by atoms with Gasteiger partial charge in [-0.15, -0.1) is 0 Å². The van der Waals surface area contributed by atoms with Crippen LogP contribution >= 0.6 is 11.3 Å². The van der Waals surface area contributed by atoms with E-state index < -0.39 is 0 Å². The SMILES string of the molecule is CC(=O)Nc1ncc(-c2ccc3c(c2)CCN([C@@H](C)c2cnc4c(c2)OCC4)CC3)s1. The van der Waals surface area contributed by atoms with Crippen molar-refractivity contribution in [3.63, 3.8) is 0 Å². The molecule has 0 aliphatic carbocycles. The first-order valence-electron chi connectivity index (χ1n) is 10.8. The normalized spacial score (nSPS) is 16.7. The summed E-state index contributed by atoms with van der Waals surface area (Å²) in [7, 11) is 0. The average molecular weight is 435 g/mol. The standard InChI is InChI=1S/C24H26N4O2S/c1-15(20-12-22-21(25-13-20)7-10-30-22)28-8-5-17-3-4-19(11-18(17)6-9-28)23-14-26-24(31-23)27-16(2)29/h3-4,11-15H,5-10H2,1-2H3,(H,26,27,29)/t15-/m0/s1. The van der Waals surface area contributed by atoms with E-state index >= 15 is 0 Å². The maximum absolute atomic E-state index is 11.3. The molecular formula is C24H26N4O2S. The van der Waals surface area contributed by atoms with Gasteiger partial charge in [0.25, 0.3) is 0 Å². The zero-order chi connectivity index (χ0) is 21.4. The van der Waals surface area contributed by atoms with Crippen molar-refractivity contribution in [3.05, 3.63) is 59.0 Å². The van der Waals surface area contributed by atoms with Crippen molar-refractivity contribution in [2.75, 3.05) is 25.0 Å². The third kappa shape index (κ3) is 4.20. The van der Waals surface area contributed by atoms with Crippen LogP contribution in [0.1, 0.15) is 42.3 Å². The Balaban J connectivity index is 1.31. The third-order valence-corrected chi connectivity index (χ3v) is 7.16. The summed E-state index contributed by atoms with van der Waals surface area (Å²) in [5.41, 5.74) is 6.28. The molecule has 0 spiro atoms. The van der Waals surface area contributed by atoms with Crippen molar-refractivity contribution in [2.45, 2.75) is 39.2 Å². The number of carbonyl (C=O) groups is 1. The summed E-state index contributed by atoms with van der Waals surface area (Å²) in [4.78, 5) is 23.8. The van der Waals surface area contributed by atoms with Gasteiger partial charge in [0.05, 0.1) is 17.2 Å². The van der Waals surface area contributed by atoms with Crippen LogP contribution in [0.15, 0.2) is 36.7 Å². The second-order valence-corrected chi connectivity index (χ2v) is 9.25. The predicted octanol–water partition coefficient (Wildman–Crippen LogP) is 4.26. The lowest BCUT2D eigenvalue weighted by Gasteiger charge is -2.27. The number of hydrogen-bond donors (Lipinski definition) is 1. The van der Waals surface area contributed by atoms with Gasteiger partial charge in [0.15, 0.2) is 5.13 Å². The van der Waals surface area contributed by atoms with Gasteiger partial charge >= 0.3 is 0 Å². The Morgan fingerprint density at radius 3 is 2.81 bits per heavy atom. The summed E-state index contributed by atoms with van der Waals surface area (Å²) in [6.45, 7) is 6.55. The average Bonchev–Trinajstić information content (AvgIpc) is 3.37. The first kappa shape index (κ1) is 20.2. The fourth-order valence-corrected chi connectivity index (χ4v) is 5.26. The fourth-order valence-electron chi connectivity index (χ4n) is 4.40. The van der Waals surface area contributed by atoms with Gasteiger partial charge in [0.2, 0.25) is 5.91 Å². The molecule has 31 heavy (non-hydrogen) atoms. The molecule has 1 N–H and O–H groups in total. The minimum Gasteiger partial charge on any atom is -0.491 e. The highest BCUT2D eigenvalue weighted by Crippen LogP contribution is 2.33. The number of benzene rings is 1.